The Kier molecular flexibility index (Phi) is 2.50. The number of rotatable bonds is 2. The van der Waals surface area contributed by atoms with Gasteiger partial charge in [-0.2, -0.15) is 0 Å². The maximum absolute atomic E-state index is 5.41. The summed E-state index contributed by atoms with van der Waals surface area (Å²) < 4.78 is 5.41. The van der Waals surface area contributed by atoms with Gasteiger partial charge in [0.2, 0.25) is 0 Å². The van der Waals surface area contributed by atoms with Gasteiger partial charge < -0.3 is 10.1 Å². The normalized spacial score (nSPS) is 24.2. The van der Waals surface area contributed by atoms with Crippen molar-refractivity contribution in [2.45, 2.75) is 38.1 Å². The van der Waals surface area contributed by atoms with Gasteiger partial charge in [0, 0.05) is 6.04 Å². The number of anilines is 1. The quantitative estimate of drug-likeness (QED) is 0.821. The second-order valence-electron chi connectivity index (χ2n) is 4.99. The van der Waals surface area contributed by atoms with Crippen molar-refractivity contribution in [1.29, 1.82) is 0 Å². The highest BCUT2D eigenvalue weighted by molar-refractivity contribution is 5.66. The summed E-state index contributed by atoms with van der Waals surface area (Å²) in [6.07, 6.45) is 6.80. The van der Waals surface area contributed by atoms with Crippen LogP contribution in [0.3, 0.4) is 0 Å². The van der Waals surface area contributed by atoms with Gasteiger partial charge in [0.25, 0.3) is 0 Å². The van der Waals surface area contributed by atoms with E-state index in [0.717, 1.165) is 11.7 Å². The molecule has 1 aromatic carbocycles. The predicted octanol–water partition coefficient (Wildman–Crippen LogP) is 3.22. The molecule has 1 aliphatic carbocycles. The number of hydrogen-bond donors (Lipinski definition) is 1. The van der Waals surface area contributed by atoms with E-state index in [0.29, 0.717) is 6.04 Å². The molecular weight excluding hydrogens is 198 g/mol. The number of benzene rings is 1. The number of fused-ring (bicyclic) bond motifs is 1. The Morgan fingerprint density at radius 2 is 2.06 bits per heavy atom. The van der Waals surface area contributed by atoms with Gasteiger partial charge in [-0.25, -0.2) is 0 Å². The summed E-state index contributed by atoms with van der Waals surface area (Å²) in [5.74, 6) is 1.87. The highest BCUT2D eigenvalue weighted by Gasteiger charge is 2.31. The summed E-state index contributed by atoms with van der Waals surface area (Å²) in [4.78, 5) is 0. The Morgan fingerprint density at radius 1 is 1.25 bits per heavy atom. The van der Waals surface area contributed by atoms with E-state index in [1.54, 1.807) is 7.11 Å². The van der Waals surface area contributed by atoms with Crippen molar-refractivity contribution in [2.75, 3.05) is 12.4 Å². The third-order valence-electron chi connectivity index (χ3n) is 4.07. The van der Waals surface area contributed by atoms with Gasteiger partial charge in [-0.3, -0.25) is 0 Å². The van der Waals surface area contributed by atoms with Crippen molar-refractivity contribution < 1.29 is 4.74 Å². The molecular formula is C14H19NO. The molecule has 2 aliphatic rings. The Bertz CT molecular complexity index is 382. The van der Waals surface area contributed by atoms with E-state index < -0.39 is 0 Å². The molecule has 16 heavy (non-hydrogen) atoms. The number of nitrogens with one attached hydrogen (secondary N) is 1. The topological polar surface area (TPSA) is 21.3 Å². The van der Waals surface area contributed by atoms with Crippen LogP contribution in [-0.2, 0) is 6.42 Å². The van der Waals surface area contributed by atoms with Crippen molar-refractivity contribution in [3.8, 4) is 5.75 Å². The first-order valence-electron chi connectivity index (χ1n) is 6.31. The zero-order chi connectivity index (χ0) is 11.0. The first-order chi connectivity index (χ1) is 7.88. The van der Waals surface area contributed by atoms with E-state index in [1.807, 2.05) is 6.07 Å². The lowest BCUT2D eigenvalue weighted by Crippen LogP contribution is -2.24. The van der Waals surface area contributed by atoms with Crippen LogP contribution in [0.5, 0.6) is 5.75 Å². The molecule has 2 heteroatoms. The second kappa shape index (κ2) is 4.00. The van der Waals surface area contributed by atoms with Crippen LogP contribution < -0.4 is 10.1 Å². The van der Waals surface area contributed by atoms with E-state index >= 15 is 0 Å². The summed E-state index contributed by atoms with van der Waals surface area (Å²) in [5, 5.41) is 3.67. The monoisotopic (exact) mass is 217 g/mol. The van der Waals surface area contributed by atoms with Crippen LogP contribution in [0.2, 0.25) is 0 Å². The lowest BCUT2D eigenvalue weighted by Gasteiger charge is -2.19. The third-order valence-corrected chi connectivity index (χ3v) is 4.07. The van der Waals surface area contributed by atoms with Gasteiger partial charge in [-0.15, -0.1) is 0 Å². The molecule has 3 rings (SSSR count). The standard InChI is InChI=1S/C14H19NO/c1-16-13-8-4-7-11-9-12(15-14(11)13)10-5-2-3-6-10/h4,7-8,10,12,15H,2-3,5-6,9H2,1H3. The molecule has 2 nitrogen and oxygen atoms in total. The maximum Gasteiger partial charge on any atom is 0.142 e. The summed E-state index contributed by atoms with van der Waals surface area (Å²) in [7, 11) is 1.75. The molecule has 1 unspecified atom stereocenters. The lowest BCUT2D eigenvalue weighted by molar-refractivity contribution is 0.415. The fraction of sp³-hybridized carbons (Fsp3) is 0.571. The number of ether oxygens (including phenoxy) is 1. The van der Waals surface area contributed by atoms with E-state index in [2.05, 4.69) is 17.4 Å². The molecule has 1 aromatic rings. The number of hydrogen-bond acceptors (Lipinski definition) is 2. The Morgan fingerprint density at radius 3 is 2.81 bits per heavy atom. The molecule has 86 valence electrons. The fourth-order valence-electron chi connectivity index (χ4n) is 3.20. The first-order valence-corrected chi connectivity index (χ1v) is 6.31. The van der Waals surface area contributed by atoms with Gasteiger partial charge in [0.15, 0.2) is 0 Å². The van der Waals surface area contributed by atoms with Crippen LogP contribution in [0.4, 0.5) is 5.69 Å². The zero-order valence-electron chi connectivity index (χ0n) is 9.83. The molecule has 0 aromatic heterocycles. The molecule has 1 aliphatic heterocycles. The average molecular weight is 217 g/mol. The molecule has 0 saturated heterocycles. The molecule has 1 N–H and O–H groups in total. The van der Waals surface area contributed by atoms with Gasteiger partial charge in [-0.1, -0.05) is 25.0 Å². The van der Waals surface area contributed by atoms with Crippen LogP contribution in [0.25, 0.3) is 0 Å². The van der Waals surface area contributed by atoms with Gasteiger partial charge >= 0.3 is 0 Å². The molecule has 1 saturated carbocycles. The summed E-state index contributed by atoms with van der Waals surface area (Å²) in [6, 6.07) is 7.01. The first kappa shape index (κ1) is 10.0. The molecule has 0 radical (unpaired) electrons. The summed E-state index contributed by atoms with van der Waals surface area (Å²) in [5.41, 5.74) is 2.66. The van der Waals surface area contributed by atoms with Crippen molar-refractivity contribution in [3.63, 3.8) is 0 Å². The Balaban J connectivity index is 1.82. The smallest absolute Gasteiger partial charge is 0.142 e. The minimum absolute atomic E-state index is 0.647. The molecule has 1 fully saturated rings. The van der Waals surface area contributed by atoms with E-state index in [1.165, 1.54) is 43.4 Å². The highest BCUT2D eigenvalue weighted by Crippen LogP contribution is 2.40. The zero-order valence-corrected chi connectivity index (χ0v) is 9.83. The van der Waals surface area contributed by atoms with Gasteiger partial charge in [-0.05, 0) is 36.8 Å². The van der Waals surface area contributed by atoms with Crippen molar-refractivity contribution >= 4 is 5.69 Å². The summed E-state index contributed by atoms with van der Waals surface area (Å²) in [6.45, 7) is 0. The SMILES string of the molecule is COc1cccc2c1NC(C1CCCC1)C2. The molecule has 1 atom stereocenters. The van der Waals surface area contributed by atoms with Crippen molar-refractivity contribution in [3.05, 3.63) is 23.8 Å². The van der Waals surface area contributed by atoms with Crippen LogP contribution in [-0.4, -0.2) is 13.2 Å². The fourth-order valence-corrected chi connectivity index (χ4v) is 3.20. The van der Waals surface area contributed by atoms with Crippen LogP contribution in [0.15, 0.2) is 18.2 Å². The van der Waals surface area contributed by atoms with Crippen LogP contribution in [0.1, 0.15) is 31.2 Å². The predicted molar refractivity (Wildman–Crippen MR) is 66.1 cm³/mol. The Labute approximate surface area is 97.0 Å². The van der Waals surface area contributed by atoms with Crippen LogP contribution >= 0.6 is 0 Å². The molecule has 0 amide bonds. The molecule has 1 heterocycles. The van der Waals surface area contributed by atoms with Gasteiger partial charge in [0.05, 0.1) is 12.8 Å². The highest BCUT2D eigenvalue weighted by atomic mass is 16.5. The lowest BCUT2D eigenvalue weighted by atomic mass is 9.95. The second-order valence-corrected chi connectivity index (χ2v) is 4.99. The third kappa shape index (κ3) is 1.57. The summed E-state index contributed by atoms with van der Waals surface area (Å²) >= 11 is 0. The average Bonchev–Trinajstić information content (AvgIpc) is 2.96. The van der Waals surface area contributed by atoms with Crippen LogP contribution in [0, 0.1) is 5.92 Å². The minimum Gasteiger partial charge on any atom is -0.495 e. The van der Waals surface area contributed by atoms with Gasteiger partial charge in [0.1, 0.15) is 5.75 Å². The molecule has 0 spiro atoms. The Hall–Kier alpha value is -1.18. The maximum atomic E-state index is 5.41. The molecule has 0 bridgehead atoms. The van der Waals surface area contributed by atoms with E-state index in [-0.39, 0.29) is 0 Å². The number of para-hydroxylation sites is 1. The van der Waals surface area contributed by atoms with E-state index in [9.17, 15) is 0 Å². The largest absolute Gasteiger partial charge is 0.495 e. The number of methoxy groups -OCH3 is 1. The van der Waals surface area contributed by atoms with Crippen molar-refractivity contribution in [2.24, 2.45) is 5.92 Å². The minimum atomic E-state index is 0.647. The van der Waals surface area contributed by atoms with E-state index in [4.69, 9.17) is 4.74 Å². The van der Waals surface area contributed by atoms with Crippen molar-refractivity contribution in [1.82, 2.24) is 0 Å².